The normalized spacial score (nSPS) is 12.5. The standard InChI is InChI=1S/C19H33N/c1-3-5-6-10-15-19(20-17-4-2)16-11-14-18-12-8-7-9-13-18/h7-9,12-13,19-20H,3-6,10-11,14-17H2,1-2H3. The SMILES string of the molecule is CCCCCCC(CCCc1ccccc1)NCCC. The molecule has 0 heterocycles. The van der Waals surface area contributed by atoms with Gasteiger partial charge >= 0.3 is 0 Å². The Morgan fingerprint density at radius 2 is 1.60 bits per heavy atom. The predicted octanol–water partition coefficient (Wildman–Crippen LogP) is 5.35. The van der Waals surface area contributed by atoms with E-state index in [-0.39, 0.29) is 0 Å². The van der Waals surface area contributed by atoms with E-state index >= 15 is 0 Å². The zero-order valence-electron chi connectivity index (χ0n) is 13.5. The highest BCUT2D eigenvalue weighted by molar-refractivity contribution is 5.14. The van der Waals surface area contributed by atoms with Gasteiger partial charge in [0.2, 0.25) is 0 Å². The molecule has 1 aromatic carbocycles. The zero-order valence-corrected chi connectivity index (χ0v) is 13.5. The van der Waals surface area contributed by atoms with Gasteiger partial charge < -0.3 is 5.32 Å². The van der Waals surface area contributed by atoms with E-state index in [0.717, 1.165) is 6.04 Å². The van der Waals surface area contributed by atoms with Gasteiger partial charge in [0.25, 0.3) is 0 Å². The summed E-state index contributed by atoms with van der Waals surface area (Å²) in [5, 5.41) is 3.73. The van der Waals surface area contributed by atoms with Gasteiger partial charge in [-0.15, -0.1) is 0 Å². The summed E-state index contributed by atoms with van der Waals surface area (Å²) in [5.74, 6) is 0. The molecule has 0 aromatic heterocycles. The van der Waals surface area contributed by atoms with Gasteiger partial charge in [0.15, 0.2) is 0 Å². The van der Waals surface area contributed by atoms with Gasteiger partial charge in [-0.3, -0.25) is 0 Å². The molecule has 1 N–H and O–H groups in total. The van der Waals surface area contributed by atoms with Gasteiger partial charge in [0.1, 0.15) is 0 Å². The van der Waals surface area contributed by atoms with Crippen LogP contribution in [0.2, 0.25) is 0 Å². The third-order valence-corrected chi connectivity index (χ3v) is 3.95. The fourth-order valence-electron chi connectivity index (χ4n) is 2.71. The average molecular weight is 275 g/mol. The van der Waals surface area contributed by atoms with E-state index in [2.05, 4.69) is 49.5 Å². The van der Waals surface area contributed by atoms with Crippen molar-refractivity contribution in [1.29, 1.82) is 0 Å². The van der Waals surface area contributed by atoms with Crippen LogP contribution in [-0.2, 0) is 6.42 Å². The minimum absolute atomic E-state index is 0.732. The summed E-state index contributed by atoms with van der Waals surface area (Å²) in [4.78, 5) is 0. The molecule has 0 aliphatic heterocycles. The van der Waals surface area contributed by atoms with Gasteiger partial charge in [-0.05, 0) is 44.2 Å². The molecule has 1 unspecified atom stereocenters. The molecule has 0 aliphatic carbocycles. The molecule has 1 heteroatoms. The molecule has 1 nitrogen and oxygen atoms in total. The smallest absolute Gasteiger partial charge is 0.00671 e. The Labute approximate surface area is 126 Å². The maximum absolute atomic E-state index is 3.73. The monoisotopic (exact) mass is 275 g/mol. The van der Waals surface area contributed by atoms with Crippen molar-refractivity contribution in [2.75, 3.05) is 6.54 Å². The lowest BCUT2D eigenvalue weighted by Crippen LogP contribution is -2.29. The fourth-order valence-corrected chi connectivity index (χ4v) is 2.71. The lowest BCUT2D eigenvalue weighted by molar-refractivity contribution is 0.423. The van der Waals surface area contributed by atoms with Crippen LogP contribution in [0.5, 0.6) is 0 Å². The fraction of sp³-hybridized carbons (Fsp3) is 0.684. The topological polar surface area (TPSA) is 12.0 Å². The summed E-state index contributed by atoms with van der Waals surface area (Å²) >= 11 is 0. The molecule has 0 spiro atoms. The second kappa shape index (κ2) is 12.0. The first-order valence-electron chi connectivity index (χ1n) is 8.64. The summed E-state index contributed by atoms with van der Waals surface area (Å²) < 4.78 is 0. The zero-order chi connectivity index (χ0) is 14.5. The summed E-state index contributed by atoms with van der Waals surface area (Å²) in [7, 11) is 0. The van der Waals surface area contributed by atoms with E-state index in [1.165, 1.54) is 69.9 Å². The third kappa shape index (κ3) is 8.37. The first-order chi connectivity index (χ1) is 9.86. The molecule has 0 saturated heterocycles. The van der Waals surface area contributed by atoms with Crippen molar-refractivity contribution in [3.05, 3.63) is 35.9 Å². The van der Waals surface area contributed by atoms with Crippen molar-refractivity contribution < 1.29 is 0 Å². The Hall–Kier alpha value is -0.820. The Bertz CT molecular complexity index is 307. The van der Waals surface area contributed by atoms with E-state index < -0.39 is 0 Å². The minimum atomic E-state index is 0.732. The van der Waals surface area contributed by atoms with Crippen LogP contribution in [0.3, 0.4) is 0 Å². The largest absolute Gasteiger partial charge is 0.314 e. The number of hydrogen-bond donors (Lipinski definition) is 1. The summed E-state index contributed by atoms with van der Waals surface area (Å²) in [6, 6.07) is 11.6. The van der Waals surface area contributed by atoms with Crippen molar-refractivity contribution in [3.63, 3.8) is 0 Å². The number of benzene rings is 1. The molecule has 1 rings (SSSR count). The summed E-state index contributed by atoms with van der Waals surface area (Å²) in [6.45, 7) is 5.71. The van der Waals surface area contributed by atoms with Crippen LogP contribution in [0.15, 0.2) is 30.3 Å². The van der Waals surface area contributed by atoms with Crippen LogP contribution >= 0.6 is 0 Å². The van der Waals surface area contributed by atoms with Crippen molar-refractivity contribution in [3.8, 4) is 0 Å². The second-order valence-electron chi connectivity index (χ2n) is 5.88. The number of unbranched alkanes of at least 4 members (excludes halogenated alkanes) is 3. The molecule has 0 amide bonds. The van der Waals surface area contributed by atoms with Gasteiger partial charge in [-0.25, -0.2) is 0 Å². The van der Waals surface area contributed by atoms with Gasteiger partial charge in [-0.2, -0.15) is 0 Å². The maximum Gasteiger partial charge on any atom is 0.00671 e. The molecule has 114 valence electrons. The van der Waals surface area contributed by atoms with Crippen LogP contribution in [0.4, 0.5) is 0 Å². The van der Waals surface area contributed by atoms with Gasteiger partial charge in [-0.1, -0.05) is 69.9 Å². The number of nitrogens with one attached hydrogen (secondary N) is 1. The second-order valence-corrected chi connectivity index (χ2v) is 5.88. The average Bonchev–Trinajstić information content (AvgIpc) is 2.49. The molecule has 1 aromatic rings. The van der Waals surface area contributed by atoms with Crippen molar-refractivity contribution in [2.24, 2.45) is 0 Å². The molecule has 0 radical (unpaired) electrons. The van der Waals surface area contributed by atoms with E-state index in [4.69, 9.17) is 0 Å². The highest BCUT2D eigenvalue weighted by atomic mass is 14.9. The van der Waals surface area contributed by atoms with Crippen LogP contribution in [0.25, 0.3) is 0 Å². The number of hydrogen-bond acceptors (Lipinski definition) is 1. The van der Waals surface area contributed by atoms with Crippen LogP contribution < -0.4 is 5.32 Å². The summed E-state index contributed by atoms with van der Waals surface area (Å²) in [5.41, 5.74) is 1.48. The highest BCUT2D eigenvalue weighted by Gasteiger charge is 2.07. The molecule has 0 saturated carbocycles. The Balaban J connectivity index is 2.21. The quantitative estimate of drug-likeness (QED) is 0.507. The van der Waals surface area contributed by atoms with E-state index in [1.807, 2.05) is 0 Å². The minimum Gasteiger partial charge on any atom is -0.314 e. The molecule has 1 atom stereocenters. The molecular formula is C19H33N. The van der Waals surface area contributed by atoms with Crippen LogP contribution in [0, 0.1) is 0 Å². The number of rotatable bonds is 12. The van der Waals surface area contributed by atoms with E-state index in [0.29, 0.717) is 0 Å². The lowest BCUT2D eigenvalue weighted by atomic mass is 10.00. The highest BCUT2D eigenvalue weighted by Crippen LogP contribution is 2.12. The third-order valence-electron chi connectivity index (χ3n) is 3.95. The Morgan fingerprint density at radius 1 is 0.850 bits per heavy atom. The Morgan fingerprint density at radius 3 is 2.30 bits per heavy atom. The number of aryl methyl sites for hydroxylation is 1. The predicted molar refractivity (Wildman–Crippen MR) is 90.2 cm³/mol. The van der Waals surface area contributed by atoms with Crippen LogP contribution in [-0.4, -0.2) is 12.6 Å². The van der Waals surface area contributed by atoms with Crippen molar-refractivity contribution in [1.82, 2.24) is 5.32 Å². The Kier molecular flexibility index (Phi) is 10.3. The van der Waals surface area contributed by atoms with Gasteiger partial charge in [0, 0.05) is 6.04 Å². The first-order valence-corrected chi connectivity index (χ1v) is 8.64. The molecule has 20 heavy (non-hydrogen) atoms. The molecule has 0 aliphatic rings. The molecular weight excluding hydrogens is 242 g/mol. The van der Waals surface area contributed by atoms with Crippen molar-refractivity contribution in [2.45, 2.75) is 77.7 Å². The molecule has 0 bridgehead atoms. The first kappa shape index (κ1) is 17.2. The van der Waals surface area contributed by atoms with E-state index in [1.54, 1.807) is 0 Å². The van der Waals surface area contributed by atoms with Gasteiger partial charge in [0.05, 0.1) is 0 Å². The van der Waals surface area contributed by atoms with E-state index in [9.17, 15) is 0 Å². The molecule has 0 fully saturated rings. The summed E-state index contributed by atoms with van der Waals surface area (Å²) in [6.07, 6.45) is 12.0. The van der Waals surface area contributed by atoms with Crippen LogP contribution in [0.1, 0.15) is 70.8 Å². The maximum atomic E-state index is 3.73. The van der Waals surface area contributed by atoms with Crippen molar-refractivity contribution >= 4 is 0 Å². The lowest BCUT2D eigenvalue weighted by Gasteiger charge is -2.18.